The fraction of sp³-hybridized carbons (Fsp3) is 0.353. The number of hydrogen-bond donors (Lipinski definition) is 0. The number of carbonyl (C=O) groups is 2. The molecule has 23 heavy (non-hydrogen) atoms. The van der Waals surface area contributed by atoms with E-state index in [1.165, 1.54) is 14.2 Å². The molecule has 0 spiro atoms. The molecule has 1 aromatic rings. The van der Waals surface area contributed by atoms with Gasteiger partial charge in [0.1, 0.15) is 5.92 Å². The number of esters is 2. The lowest BCUT2D eigenvalue weighted by atomic mass is 9.75. The van der Waals surface area contributed by atoms with Crippen LogP contribution in [0.5, 0.6) is 0 Å². The summed E-state index contributed by atoms with van der Waals surface area (Å²) in [5.41, 5.74) is 2.39. The highest BCUT2D eigenvalue weighted by atomic mass is 79.9. The van der Waals surface area contributed by atoms with Gasteiger partial charge in [-0.15, -0.1) is 0 Å². The van der Waals surface area contributed by atoms with Crippen LogP contribution in [0, 0.1) is 5.92 Å². The van der Waals surface area contributed by atoms with Gasteiger partial charge in [-0.2, -0.15) is 0 Å². The first kappa shape index (κ1) is 17.4. The molecule has 122 valence electrons. The molecule has 5 nitrogen and oxygen atoms in total. The summed E-state index contributed by atoms with van der Waals surface area (Å²) < 4.78 is 10.7. The number of hydrogen-bond acceptors (Lipinski definition) is 5. The highest BCUT2D eigenvalue weighted by Gasteiger charge is 2.41. The van der Waals surface area contributed by atoms with E-state index >= 15 is 0 Å². The number of benzene rings is 1. The lowest BCUT2D eigenvalue weighted by molar-refractivity contribution is -0.143. The molecule has 1 unspecified atom stereocenters. The van der Waals surface area contributed by atoms with E-state index in [4.69, 9.17) is 9.47 Å². The Morgan fingerprint density at radius 1 is 1.09 bits per heavy atom. The van der Waals surface area contributed by atoms with E-state index in [0.717, 1.165) is 10.0 Å². The van der Waals surface area contributed by atoms with Crippen LogP contribution < -0.4 is 0 Å². The summed E-state index contributed by atoms with van der Waals surface area (Å²) in [6, 6.07) is 7.49. The van der Waals surface area contributed by atoms with Crippen molar-refractivity contribution in [3.63, 3.8) is 0 Å². The van der Waals surface area contributed by atoms with Crippen molar-refractivity contribution in [3.8, 4) is 0 Å². The van der Waals surface area contributed by atoms with Crippen molar-refractivity contribution in [1.29, 1.82) is 0 Å². The van der Waals surface area contributed by atoms with Crippen molar-refractivity contribution >= 4 is 33.6 Å². The zero-order chi connectivity index (χ0) is 17.1. The summed E-state index contributed by atoms with van der Waals surface area (Å²) in [4.78, 5) is 28.9. The Bertz CT molecular complexity index is 691. The van der Waals surface area contributed by atoms with Crippen molar-refractivity contribution in [2.75, 3.05) is 14.2 Å². The van der Waals surface area contributed by atoms with E-state index in [-0.39, 0.29) is 0 Å². The standard InChI is InChI=1S/C17H18BrNO4/c1-9-13(16(20)22-3)15(11-5-7-12(18)8-6-11)14(10(2)19-9)17(21)23-4/h5-8,13,15H,1-4H3/t13?,15-/m0/s1. The van der Waals surface area contributed by atoms with Crippen molar-refractivity contribution in [1.82, 2.24) is 0 Å². The summed E-state index contributed by atoms with van der Waals surface area (Å²) in [6.07, 6.45) is 0. The number of ether oxygens (including phenoxy) is 2. The second-order valence-corrected chi connectivity index (χ2v) is 6.19. The first-order chi connectivity index (χ1) is 10.9. The highest BCUT2D eigenvalue weighted by molar-refractivity contribution is 9.10. The van der Waals surface area contributed by atoms with Gasteiger partial charge in [-0.05, 0) is 31.5 Å². The molecule has 1 aliphatic rings. The molecule has 2 atom stereocenters. The van der Waals surface area contributed by atoms with Crippen LogP contribution in [0.1, 0.15) is 25.3 Å². The zero-order valence-corrected chi connectivity index (χ0v) is 15.0. The maximum atomic E-state index is 12.3. The highest BCUT2D eigenvalue weighted by Crippen LogP contribution is 2.40. The van der Waals surface area contributed by atoms with Gasteiger partial charge in [-0.25, -0.2) is 4.79 Å². The normalized spacial score (nSPS) is 20.8. The summed E-state index contributed by atoms with van der Waals surface area (Å²) in [5.74, 6) is -2.05. The largest absolute Gasteiger partial charge is 0.468 e. The minimum Gasteiger partial charge on any atom is -0.468 e. The molecule has 2 rings (SSSR count). The molecular formula is C17H18BrNO4. The van der Waals surface area contributed by atoms with Crippen LogP contribution in [0.3, 0.4) is 0 Å². The number of halogens is 1. The zero-order valence-electron chi connectivity index (χ0n) is 13.4. The van der Waals surface area contributed by atoms with Crippen LogP contribution in [-0.4, -0.2) is 31.9 Å². The average molecular weight is 380 g/mol. The predicted octanol–water partition coefficient (Wildman–Crippen LogP) is 3.24. The molecule has 0 radical (unpaired) electrons. The minimum absolute atomic E-state index is 0.385. The van der Waals surface area contributed by atoms with Crippen molar-refractivity contribution in [2.24, 2.45) is 10.9 Å². The van der Waals surface area contributed by atoms with Crippen LogP contribution >= 0.6 is 15.9 Å². The van der Waals surface area contributed by atoms with Gasteiger partial charge in [-0.3, -0.25) is 9.79 Å². The lowest BCUT2D eigenvalue weighted by Gasteiger charge is -2.31. The minimum atomic E-state index is -0.654. The van der Waals surface area contributed by atoms with Gasteiger partial charge in [0, 0.05) is 21.8 Å². The lowest BCUT2D eigenvalue weighted by Crippen LogP contribution is -2.36. The molecule has 0 amide bonds. The topological polar surface area (TPSA) is 65.0 Å². The summed E-state index contributed by atoms with van der Waals surface area (Å²) in [7, 11) is 2.65. The molecule has 0 bridgehead atoms. The Kier molecular flexibility index (Phi) is 5.36. The quantitative estimate of drug-likeness (QED) is 0.756. The molecule has 1 aliphatic heterocycles. The number of nitrogens with zero attached hydrogens (tertiary/aromatic N) is 1. The fourth-order valence-electron chi connectivity index (χ4n) is 2.87. The van der Waals surface area contributed by atoms with E-state index in [1.54, 1.807) is 13.8 Å². The molecule has 0 aromatic heterocycles. The van der Waals surface area contributed by atoms with Crippen LogP contribution in [0.2, 0.25) is 0 Å². The second-order valence-electron chi connectivity index (χ2n) is 5.27. The number of carbonyl (C=O) groups excluding carboxylic acids is 2. The van der Waals surface area contributed by atoms with Crippen molar-refractivity contribution in [2.45, 2.75) is 19.8 Å². The van der Waals surface area contributed by atoms with Crippen molar-refractivity contribution in [3.05, 3.63) is 45.6 Å². The summed E-state index contributed by atoms with van der Waals surface area (Å²) in [6.45, 7) is 3.51. The van der Waals surface area contributed by atoms with Crippen LogP contribution in [-0.2, 0) is 19.1 Å². The van der Waals surface area contributed by atoms with Crippen LogP contribution in [0.15, 0.2) is 45.0 Å². The van der Waals surface area contributed by atoms with Gasteiger partial charge in [0.2, 0.25) is 0 Å². The van der Waals surface area contributed by atoms with Gasteiger partial charge >= 0.3 is 11.9 Å². The molecule has 0 fully saturated rings. The molecule has 0 N–H and O–H groups in total. The first-order valence-corrected chi connectivity index (χ1v) is 7.87. The average Bonchev–Trinajstić information content (AvgIpc) is 2.53. The Hall–Kier alpha value is -1.95. The van der Waals surface area contributed by atoms with Crippen molar-refractivity contribution < 1.29 is 19.1 Å². The van der Waals surface area contributed by atoms with Gasteiger partial charge in [-0.1, -0.05) is 28.1 Å². The van der Waals surface area contributed by atoms with Gasteiger partial charge in [0.15, 0.2) is 0 Å². The SMILES string of the molecule is COC(=O)C1=C(C)N=C(C)C(C(=O)OC)[C@@H]1c1ccc(Br)cc1. The third kappa shape index (κ3) is 3.37. The molecule has 0 saturated carbocycles. The summed E-state index contributed by atoms with van der Waals surface area (Å²) in [5, 5.41) is 0. The number of rotatable bonds is 3. The van der Waals surface area contributed by atoms with E-state index in [0.29, 0.717) is 17.0 Å². The van der Waals surface area contributed by atoms with E-state index < -0.39 is 23.8 Å². The number of allylic oxidation sites excluding steroid dienone is 1. The first-order valence-electron chi connectivity index (χ1n) is 7.08. The number of aliphatic imine (C=N–C) groups is 1. The Balaban J connectivity index is 2.65. The third-order valence-electron chi connectivity index (χ3n) is 3.92. The Morgan fingerprint density at radius 2 is 1.70 bits per heavy atom. The number of methoxy groups -OCH3 is 2. The molecule has 6 heteroatoms. The van der Waals surface area contributed by atoms with Gasteiger partial charge < -0.3 is 9.47 Å². The molecule has 1 aromatic carbocycles. The van der Waals surface area contributed by atoms with Gasteiger partial charge in [0.25, 0.3) is 0 Å². The molecule has 0 aliphatic carbocycles. The monoisotopic (exact) mass is 379 g/mol. The van der Waals surface area contributed by atoms with E-state index in [1.807, 2.05) is 24.3 Å². The fourth-order valence-corrected chi connectivity index (χ4v) is 3.14. The van der Waals surface area contributed by atoms with Gasteiger partial charge in [0.05, 0.1) is 19.8 Å². The molecular weight excluding hydrogens is 362 g/mol. The smallest absolute Gasteiger partial charge is 0.336 e. The van der Waals surface area contributed by atoms with Crippen LogP contribution in [0.25, 0.3) is 0 Å². The maximum absolute atomic E-state index is 12.3. The van der Waals surface area contributed by atoms with Crippen LogP contribution in [0.4, 0.5) is 0 Å². The summed E-state index contributed by atoms with van der Waals surface area (Å²) >= 11 is 3.39. The third-order valence-corrected chi connectivity index (χ3v) is 4.45. The Labute approximate surface area is 143 Å². The predicted molar refractivity (Wildman–Crippen MR) is 90.2 cm³/mol. The molecule has 0 saturated heterocycles. The maximum Gasteiger partial charge on any atom is 0.336 e. The van der Waals surface area contributed by atoms with E-state index in [2.05, 4.69) is 20.9 Å². The molecule has 1 heterocycles. The Morgan fingerprint density at radius 3 is 2.22 bits per heavy atom. The van der Waals surface area contributed by atoms with E-state index in [9.17, 15) is 9.59 Å². The second kappa shape index (κ2) is 7.08.